The van der Waals surface area contributed by atoms with Crippen LogP contribution in [0, 0.1) is 0 Å². The highest BCUT2D eigenvalue weighted by Gasteiger charge is 2.07. The highest BCUT2D eigenvalue weighted by Crippen LogP contribution is 2.25. The Balaban J connectivity index is 2.55. The van der Waals surface area contributed by atoms with Gasteiger partial charge >= 0.3 is 0 Å². The molecule has 0 aliphatic carbocycles. The van der Waals surface area contributed by atoms with Crippen LogP contribution in [-0.2, 0) is 10.0 Å². The average Bonchev–Trinajstić information content (AvgIpc) is 2.28. The summed E-state index contributed by atoms with van der Waals surface area (Å²) in [6, 6.07) is 0. The van der Waals surface area contributed by atoms with Crippen LogP contribution in [0.3, 0.4) is 0 Å². The second-order valence-electron chi connectivity index (χ2n) is 3.51. The summed E-state index contributed by atoms with van der Waals surface area (Å²) in [6.07, 6.45) is 2.56. The van der Waals surface area contributed by atoms with Gasteiger partial charge in [-0.05, 0) is 22.9 Å². The normalized spacial score (nSPS) is 11.3. The van der Waals surface area contributed by atoms with Crippen LogP contribution < -0.4 is 15.4 Å². The Morgan fingerprint density at radius 3 is 2.39 bits per heavy atom. The van der Waals surface area contributed by atoms with Gasteiger partial charge in [-0.2, -0.15) is 0 Å². The fraction of sp³-hybridized carbons (Fsp3) is 0.556. The van der Waals surface area contributed by atoms with Gasteiger partial charge in [0.15, 0.2) is 0 Å². The quantitative estimate of drug-likeness (QED) is 0.631. The van der Waals surface area contributed by atoms with E-state index in [1.54, 1.807) is 0 Å². The third-order valence-corrected chi connectivity index (χ3v) is 3.40. The van der Waals surface area contributed by atoms with Crippen LogP contribution >= 0.6 is 15.9 Å². The summed E-state index contributed by atoms with van der Waals surface area (Å²) in [6.45, 7) is 3.46. The van der Waals surface area contributed by atoms with Crippen LogP contribution in [0.15, 0.2) is 10.8 Å². The van der Waals surface area contributed by atoms with Gasteiger partial charge in [0, 0.05) is 19.6 Å². The number of aromatic nitrogens is 2. The van der Waals surface area contributed by atoms with Crippen molar-refractivity contribution in [1.82, 2.24) is 14.7 Å². The molecule has 0 bridgehead atoms. The molecular formula is C9H16BrN5O2S. The fourth-order valence-corrected chi connectivity index (χ4v) is 2.16. The summed E-state index contributed by atoms with van der Waals surface area (Å²) in [4.78, 5) is 8.14. The molecule has 3 N–H and O–H groups in total. The van der Waals surface area contributed by atoms with Crippen molar-refractivity contribution in [2.75, 3.05) is 36.5 Å². The van der Waals surface area contributed by atoms with E-state index in [1.807, 2.05) is 6.92 Å². The standard InChI is InChI=1S/C9H16BrN5O2S/c1-3-11-8-7(10)9(14-6-13-8)12-4-5-15-18(2,16)17/h6,15H,3-5H2,1-2H3,(H2,11,12,13,14). The Hall–Kier alpha value is -0.930. The molecule has 102 valence electrons. The number of anilines is 2. The van der Waals surface area contributed by atoms with Gasteiger partial charge in [-0.3, -0.25) is 0 Å². The van der Waals surface area contributed by atoms with Gasteiger partial charge in [0.25, 0.3) is 0 Å². The SMILES string of the molecule is CCNc1ncnc(NCCNS(C)(=O)=O)c1Br. The van der Waals surface area contributed by atoms with Crippen molar-refractivity contribution in [2.24, 2.45) is 0 Å². The van der Waals surface area contributed by atoms with Crippen LogP contribution in [0.25, 0.3) is 0 Å². The average molecular weight is 338 g/mol. The van der Waals surface area contributed by atoms with Crippen LogP contribution in [0.2, 0.25) is 0 Å². The first-order chi connectivity index (χ1) is 8.44. The molecule has 0 unspecified atom stereocenters. The topological polar surface area (TPSA) is 96.0 Å². The summed E-state index contributed by atoms with van der Waals surface area (Å²) in [5, 5.41) is 6.10. The zero-order valence-corrected chi connectivity index (χ0v) is 12.6. The number of sulfonamides is 1. The molecule has 1 aromatic heterocycles. The number of rotatable bonds is 7. The van der Waals surface area contributed by atoms with E-state index < -0.39 is 10.0 Å². The maximum absolute atomic E-state index is 10.9. The van der Waals surface area contributed by atoms with Crippen molar-refractivity contribution in [3.05, 3.63) is 10.8 Å². The third-order valence-electron chi connectivity index (χ3n) is 1.92. The molecule has 1 rings (SSSR count). The third kappa shape index (κ3) is 5.15. The molecule has 0 aliphatic heterocycles. The van der Waals surface area contributed by atoms with E-state index in [2.05, 4.69) is 41.3 Å². The summed E-state index contributed by atoms with van der Waals surface area (Å²) in [7, 11) is -3.15. The van der Waals surface area contributed by atoms with E-state index in [1.165, 1.54) is 6.33 Å². The zero-order valence-electron chi connectivity index (χ0n) is 10.2. The lowest BCUT2D eigenvalue weighted by molar-refractivity contribution is 0.589. The van der Waals surface area contributed by atoms with Crippen molar-refractivity contribution in [3.63, 3.8) is 0 Å². The maximum Gasteiger partial charge on any atom is 0.208 e. The van der Waals surface area contributed by atoms with E-state index >= 15 is 0 Å². The molecule has 0 saturated heterocycles. The van der Waals surface area contributed by atoms with E-state index in [-0.39, 0.29) is 0 Å². The molecule has 1 heterocycles. The summed E-state index contributed by atoms with van der Waals surface area (Å²) in [5.41, 5.74) is 0. The molecular weight excluding hydrogens is 322 g/mol. The van der Waals surface area contributed by atoms with Gasteiger partial charge in [-0.15, -0.1) is 0 Å². The minimum absolute atomic E-state index is 0.297. The molecule has 0 amide bonds. The van der Waals surface area contributed by atoms with Gasteiger partial charge in [0.1, 0.15) is 22.4 Å². The molecule has 9 heteroatoms. The Kier molecular flexibility index (Phi) is 5.76. The van der Waals surface area contributed by atoms with Crippen LogP contribution in [0.4, 0.5) is 11.6 Å². The highest BCUT2D eigenvalue weighted by atomic mass is 79.9. The molecule has 0 fully saturated rings. The number of hydrogen-bond donors (Lipinski definition) is 3. The van der Waals surface area contributed by atoms with Gasteiger partial charge in [0.2, 0.25) is 10.0 Å². The number of nitrogens with zero attached hydrogens (tertiary/aromatic N) is 2. The largest absolute Gasteiger partial charge is 0.369 e. The van der Waals surface area contributed by atoms with Crippen molar-refractivity contribution in [3.8, 4) is 0 Å². The summed E-state index contributed by atoms with van der Waals surface area (Å²) < 4.78 is 24.8. The molecule has 0 saturated carbocycles. The minimum atomic E-state index is -3.15. The lowest BCUT2D eigenvalue weighted by Crippen LogP contribution is -2.27. The van der Waals surface area contributed by atoms with Crippen LogP contribution in [0.1, 0.15) is 6.92 Å². The van der Waals surface area contributed by atoms with Crippen molar-refractivity contribution < 1.29 is 8.42 Å². The van der Waals surface area contributed by atoms with Gasteiger partial charge in [-0.1, -0.05) is 0 Å². The Morgan fingerprint density at radius 1 is 1.22 bits per heavy atom. The second kappa shape index (κ2) is 6.86. The molecule has 0 aliphatic rings. The predicted molar refractivity (Wildman–Crippen MR) is 75.2 cm³/mol. The number of nitrogens with one attached hydrogen (secondary N) is 3. The first-order valence-corrected chi connectivity index (χ1v) is 8.05. The number of halogens is 1. The van der Waals surface area contributed by atoms with E-state index in [9.17, 15) is 8.42 Å². The molecule has 18 heavy (non-hydrogen) atoms. The fourth-order valence-electron chi connectivity index (χ4n) is 1.20. The minimum Gasteiger partial charge on any atom is -0.369 e. The Labute approximate surface area is 115 Å². The Bertz CT molecular complexity index is 494. The zero-order chi connectivity index (χ0) is 13.6. The highest BCUT2D eigenvalue weighted by molar-refractivity contribution is 9.10. The molecule has 1 aromatic rings. The first kappa shape index (κ1) is 15.1. The van der Waals surface area contributed by atoms with E-state index in [4.69, 9.17) is 0 Å². The molecule has 0 spiro atoms. The lowest BCUT2D eigenvalue weighted by Gasteiger charge is -2.10. The lowest BCUT2D eigenvalue weighted by atomic mass is 10.5. The maximum atomic E-state index is 10.9. The summed E-state index contributed by atoms with van der Waals surface area (Å²) >= 11 is 3.39. The van der Waals surface area contributed by atoms with Crippen molar-refractivity contribution in [1.29, 1.82) is 0 Å². The van der Waals surface area contributed by atoms with E-state index in [0.29, 0.717) is 24.7 Å². The summed E-state index contributed by atoms with van der Waals surface area (Å²) in [5.74, 6) is 1.32. The molecule has 0 atom stereocenters. The van der Waals surface area contributed by atoms with Crippen LogP contribution in [-0.4, -0.2) is 44.3 Å². The van der Waals surface area contributed by atoms with Gasteiger partial charge in [0.05, 0.1) is 6.26 Å². The monoisotopic (exact) mass is 337 g/mol. The molecule has 7 nitrogen and oxygen atoms in total. The molecule has 0 radical (unpaired) electrons. The number of hydrogen-bond acceptors (Lipinski definition) is 6. The van der Waals surface area contributed by atoms with Crippen LogP contribution in [0.5, 0.6) is 0 Å². The van der Waals surface area contributed by atoms with Gasteiger partial charge in [-0.25, -0.2) is 23.1 Å². The van der Waals surface area contributed by atoms with Gasteiger partial charge < -0.3 is 10.6 Å². The predicted octanol–water partition coefficient (Wildman–Crippen LogP) is 0.632. The molecule has 0 aromatic carbocycles. The van der Waals surface area contributed by atoms with Crippen molar-refractivity contribution in [2.45, 2.75) is 6.92 Å². The van der Waals surface area contributed by atoms with E-state index in [0.717, 1.165) is 17.3 Å². The first-order valence-electron chi connectivity index (χ1n) is 5.37. The smallest absolute Gasteiger partial charge is 0.208 e. The second-order valence-corrected chi connectivity index (χ2v) is 6.13. The Morgan fingerprint density at radius 2 is 1.83 bits per heavy atom. The van der Waals surface area contributed by atoms with Crippen molar-refractivity contribution >= 4 is 37.6 Å².